The van der Waals surface area contributed by atoms with Gasteiger partial charge in [-0.05, 0) is 25.2 Å². The van der Waals surface area contributed by atoms with E-state index < -0.39 is 0 Å². The van der Waals surface area contributed by atoms with Crippen LogP contribution in [0.1, 0.15) is 33.1 Å². The van der Waals surface area contributed by atoms with Crippen molar-refractivity contribution >= 4 is 11.8 Å². The molecule has 0 spiro atoms. The predicted molar refractivity (Wildman–Crippen MR) is 56.1 cm³/mol. The summed E-state index contributed by atoms with van der Waals surface area (Å²) < 4.78 is 0. The van der Waals surface area contributed by atoms with Crippen molar-refractivity contribution in [1.29, 1.82) is 0 Å². The van der Waals surface area contributed by atoms with Crippen LogP contribution >= 0.6 is 0 Å². The molecule has 0 aromatic heterocycles. The molecule has 0 aromatic carbocycles. The lowest BCUT2D eigenvalue weighted by Gasteiger charge is -2.45. The van der Waals surface area contributed by atoms with Gasteiger partial charge >= 0.3 is 0 Å². The Labute approximate surface area is 90.0 Å². The number of nitrogens with zero attached hydrogens (tertiary/aromatic N) is 1. The molecule has 4 nitrogen and oxygen atoms in total. The van der Waals surface area contributed by atoms with Crippen LogP contribution < -0.4 is 5.32 Å². The minimum Gasteiger partial charge on any atom is -0.345 e. The van der Waals surface area contributed by atoms with Crippen LogP contribution in [0.5, 0.6) is 0 Å². The molecular weight excluding hydrogens is 192 g/mol. The van der Waals surface area contributed by atoms with Gasteiger partial charge in [0.1, 0.15) is 6.04 Å². The summed E-state index contributed by atoms with van der Waals surface area (Å²) in [6, 6.07) is -0.302. The molecule has 0 aromatic rings. The van der Waals surface area contributed by atoms with Gasteiger partial charge in [-0.3, -0.25) is 9.59 Å². The van der Waals surface area contributed by atoms with E-state index in [4.69, 9.17) is 0 Å². The van der Waals surface area contributed by atoms with E-state index >= 15 is 0 Å². The van der Waals surface area contributed by atoms with Crippen molar-refractivity contribution in [2.75, 3.05) is 13.1 Å². The van der Waals surface area contributed by atoms with Gasteiger partial charge in [-0.15, -0.1) is 0 Å². The lowest BCUT2D eigenvalue weighted by atomic mass is 9.70. The molecule has 1 N–H and O–H groups in total. The Bertz CT molecular complexity index is 297. The molecule has 2 rings (SSSR count). The van der Waals surface area contributed by atoms with E-state index in [9.17, 15) is 9.59 Å². The Hall–Kier alpha value is -1.06. The zero-order valence-electron chi connectivity index (χ0n) is 9.38. The summed E-state index contributed by atoms with van der Waals surface area (Å²) in [5.74, 6) is 0.0211. The topological polar surface area (TPSA) is 49.4 Å². The predicted octanol–water partition coefficient (Wildman–Crippen LogP) is 0.523. The number of hydrogen-bond donors (Lipinski definition) is 1. The SMILES string of the molecule is CC1C(=O)NCC(=O)N1CC1(C)CCC1. The Morgan fingerprint density at radius 1 is 1.47 bits per heavy atom. The van der Waals surface area contributed by atoms with Crippen LogP contribution in [0.4, 0.5) is 0 Å². The fourth-order valence-corrected chi connectivity index (χ4v) is 2.34. The van der Waals surface area contributed by atoms with Crippen LogP contribution in [0.15, 0.2) is 0 Å². The van der Waals surface area contributed by atoms with Gasteiger partial charge in [-0.2, -0.15) is 0 Å². The number of carbonyl (C=O) groups excluding carboxylic acids is 2. The van der Waals surface area contributed by atoms with Gasteiger partial charge in [0.15, 0.2) is 0 Å². The van der Waals surface area contributed by atoms with E-state index in [0.29, 0.717) is 0 Å². The number of nitrogens with one attached hydrogen (secondary N) is 1. The molecule has 0 bridgehead atoms. The van der Waals surface area contributed by atoms with E-state index in [1.807, 2.05) is 0 Å². The first kappa shape index (κ1) is 10.5. The maximum absolute atomic E-state index is 11.7. The minimum absolute atomic E-state index is 0.0301. The largest absolute Gasteiger partial charge is 0.345 e. The van der Waals surface area contributed by atoms with Gasteiger partial charge < -0.3 is 10.2 Å². The molecule has 2 amide bonds. The number of piperazine rings is 1. The fraction of sp³-hybridized carbons (Fsp3) is 0.818. The van der Waals surface area contributed by atoms with Gasteiger partial charge in [0.25, 0.3) is 0 Å². The van der Waals surface area contributed by atoms with E-state index in [1.165, 1.54) is 19.3 Å². The zero-order valence-corrected chi connectivity index (χ0v) is 9.38. The summed E-state index contributed by atoms with van der Waals surface area (Å²) in [6.45, 7) is 4.90. The summed E-state index contributed by atoms with van der Waals surface area (Å²) in [5.41, 5.74) is 0.252. The van der Waals surface area contributed by atoms with Crippen LogP contribution in [0, 0.1) is 5.41 Å². The first-order chi connectivity index (χ1) is 7.02. The van der Waals surface area contributed by atoms with Crippen LogP contribution in [0.25, 0.3) is 0 Å². The van der Waals surface area contributed by atoms with Crippen molar-refractivity contribution in [3.05, 3.63) is 0 Å². The molecule has 15 heavy (non-hydrogen) atoms. The average molecular weight is 210 g/mol. The molecule has 4 heteroatoms. The lowest BCUT2D eigenvalue weighted by molar-refractivity contribution is -0.147. The summed E-state index contributed by atoms with van der Waals surface area (Å²) in [4.78, 5) is 24.9. The van der Waals surface area contributed by atoms with Crippen LogP contribution in [0.2, 0.25) is 0 Å². The molecule has 0 radical (unpaired) electrons. The van der Waals surface area contributed by atoms with Crippen molar-refractivity contribution in [3.63, 3.8) is 0 Å². The maximum atomic E-state index is 11.7. The smallest absolute Gasteiger partial charge is 0.242 e. The average Bonchev–Trinajstić information content (AvgIpc) is 2.16. The number of hydrogen-bond acceptors (Lipinski definition) is 2. The van der Waals surface area contributed by atoms with Crippen molar-refractivity contribution in [2.24, 2.45) is 5.41 Å². The highest BCUT2D eigenvalue weighted by Crippen LogP contribution is 2.41. The van der Waals surface area contributed by atoms with Crippen LogP contribution in [-0.4, -0.2) is 35.8 Å². The van der Waals surface area contributed by atoms with Gasteiger partial charge in [-0.25, -0.2) is 0 Å². The highest BCUT2D eigenvalue weighted by Gasteiger charge is 2.39. The molecule has 1 saturated heterocycles. The second-order valence-electron chi connectivity index (χ2n) is 5.08. The molecule has 2 aliphatic rings. The zero-order chi connectivity index (χ0) is 11.1. The minimum atomic E-state index is -0.302. The lowest BCUT2D eigenvalue weighted by Crippen LogP contribution is -2.59. The Morgan fingerprint density at radius 2 is 2.13 bits per heavy atom. The van der Waals surface area contributed by atoms with Gasteiger partial charge in [0.05, 0.1) is 6.54 Å². The van der Waals surface area contributed by atoms with Gasteiger partial charge in [-0.1, -0.05) is 13.3 Å². The summed E-state index contributed by atoms with van der Waals surface area (Å²) in [7, 11) is 0. The van der Waals surface area contributed by atoms with Crippen LogP contribution in [-0.2, 0) is 9.59 Å². The van der Waals surface area contributed by atoms with Gasteiger partial charge in [0, 0.05) is 6.54 Å². The second kappa shape index (κ2) is 3.51. The third-order valence-corrected chi connectivity index (χ3v) is 3.69. The summed E-state index contributed by atoms with van der Waals surface area (Å²) >= 11 is 0. The van der Waals surface area contributed by atoms with Gasteiger partial charge in [0.2, 0.25) is 11.8 Å². The summed E-state index contributed by atoms with van der Waals surface area (Å²) in [6.07, 6.45) is 3.59. The normalized spacial score (nSPS) is 29.7. The van der Waals surface area contributed by atoms with Crippen LogP contribution in [0.3, 0.4) is 0 Å². The molecule has 1 saturated carbocycles. The summed E-state index contributed by atoms with van der Waals surface area (Å²) in [5, 5.41) is 2.60. The number of carbonyl (C=O) groups is 2. The van der Waals surface area contributed by atoms with Crippen molar-refractivity contribution < 1.29 is 9.59 Å². The van der Waals surface area contributed by atoms with Crippen molar-refractivity contribution in [3.8, 4) is 0 Å². The standard InChI is InChI=1S/C11H18N2O2/c1-8-10(15)12-6-9(14)13(8)7-11(2)4-3-5-11/h8H,3-7H2,1-2H3,(H,12,15). The molecule has 1 aliphatic heterocycles. The molecule has 1 aliphatic carbocycles. The first-order valence-corrected chi connectivity index (χ1v) is 5.59. The van der Waals surface area contributed by atoms with E-state index in [0.717, 1.165) is 6.54 Å². The Morgan fingerprint density at radius 3 is 2.67 bits per heavy atom. The van der Waals surface area contributed by atoms with Crippen molar-refractivity contribution in [1.82, 2.24) is 10.2 Å². The maximum Gasteiger partial charge on any atom is 0.242 e. The fourth-order valence-electron chi connectivity index (χ4n) is 2.34. The van der Waals surface area contributed by atoms with E-state index in [-0.39, 0.29) is 29.8 Å². The van der Waals surface area contributed by atoms with E-state index in [1.54, 1.807) is 11.8 Å². The monoisotopic (exact) mass is 210 g/mol. The molecular formula is C11H18N2O2. The Balaban J connectivity index is 2.04. The highest BCUT2D eigenvalue weighted by atomic mass is 16.2. The molecule has 2 fully saturated rings. The molecule has 84 valence electrons. The Kier molecular flexibility index (Phi) is 2.44. The number of amides is 2. The molecule has 1 heterocycles. The van der Waals surface area contributed by atoms with Crippen molar-refractivity contribution in [2.45, 2.75) is 39.2 Å². The first-order valence-electron chi connectivity index (χ1n) is 5.59. The molecule has 1 atom stereocenters. The highest BCUT2D eigenvalue weighted by molar-refractivity contribution is 5.94. The number of rotatable bonds is 2. The quantitative estimate of drug-likeness (QED) is 0.722. The third kappa shape index (κ3) is 1.85. The second-order valence-corrected chi connectivity index (χ2v) is 5.08. The van der Waals surface area contributed by atoms with E-state index in [2.05, 4.69) is 12.2 Å². The molecule has 1 unspecified atom stereocenters. The third-order valence-electron chi connectivity index (χ3n) is 3.69.